The minimum Gasteiger partial charge on any atom is -0.381 e. The first-order chi connectivity index (χ1) is 6.75. The summed E-state index contributed by atoms with van der Waals surface area (Å²) in [5.74, 6) is 0.446. The molecule has 0 radical (unpaired) electrons. The summed E-state index contributed by atoms with van der Waals surface area (Å²) in [7, 11) is 1.87. The van der Waals surface area contributed by atoms with E-state index in [2.05, 4.69) is 15.1 Å². The van der Waals surface area contributed by atoms with Crippen LogP contribution in [-0.2, 0) is 7.05 Å². The summed E-state index contributed by atoms with van der Waals surface area (Å²) in [5, 5.41) is 4.76. The van der Waals surface area contributed by atoms with Gasteiger partial charge in [-0.3, -0.25) is 4.68 Å². The van der Waals surface area contributed by atoms with Crippen LogP contribution in [0.25, 0.3) is 0 Å². The fourth-order valence-electron chi connectivity index (χ4n) is 0.978. The largest absolute Gasteiger partial charge is 0.381 e. The van der Waals surface area contributed by atoms with Crippen molar-refractivity contribution in [3.05, 3.63) is 24.8 Å². The first-order valence-corrected chi connectivity index (χ1v) is 4.80. The van der Waals surface area contributed by atoms with Gasteiger partial charge in [-0.2, -0.15) is 5.10 Å². The second-order valence-electron chi connectivity index (χ2n) is 2.70. The van der Waals surface area contributed by atoms with Gasteiger partial charge >= 0.3 is 0 Å². The molecule has 0 spiro atoms. The molecule has 2 rings (SSSR count). The smallest absolute Gasteiger partial charge is 0.156 e. The highest BCUT2D eigenvalue weighted by Gasteiger charge is 2.04. The molecule has 72 valence electrons. The number of nitrogen functional groups attached to an aromatic ring is 1. The topological polar surface area (TPSA) is 69.6 Å². The predicted octanol–water partition coefficient (Wildman–Crippen LogP) is 0.944. The van der Waals surface area contributed by atoms with E-state index in [-0.39, 0.29) is 0 Å². The van der Waals surface area contributed by atoms with Gasteiger partial charge in [0, 0.05) is 25.6 Å². The Morgan fingerprint density at radius 3 is 2.79 bits per heavy atom. The number of aromatic nitrogens is 4. The van der Waals surface area contributed by atoms with Crippen molar-refractivity contribution in [2.24, 2.45) is 7.05 Å². The molecule has 0 saturated heterocycles. The Labute approximate surface area is 85.4 Å². The highest BCUT2D eigenvalue weighted by molar-refractivity contribution is 7.99. The quantitative estimate of drug-likeness (QED) is 0.793. The zero-order chi connectivity index (χ0) is 9.97. The van der Waals surface area contributed by atoms with Crippen LogP contribution in [0.5, 0.6) is 0 Å². The number of anilines is 1. The van der Waals surface area contributed by atoms with Crippen LogP contribution in [0.2, 0.25) is 0 Å². The van der Waals surface area contributed by atoms with Gasteiger partial charge in [-0.05, 0) is 0 Å². The molecule has 2 aromatic rings. The van der Waals surface area contributed by atoms with Gasteiger partial charge in [0.05, 0.1) is 11.1 Å². The first kappa shape index (κ1) is 9.01. The molecule has 2 heterocycles. The molecule has 0 amide bonds. The molecule has 0 aliphatic carbocycles. The van der Waals surface area contributed by atoms with Crippen molar-refractivity contribution in [3.8, 4) is 0 Å². The zero-order valence-corrected chi connectivity index (χ0v) is 8.40. The van der Waals surface area contributed by atoms with Crippen LogP contribution < -0.4 is 5.73 Å². The van der Waals surface area contributed by atoms with Crippen molar-refractivity contribution in [1.82, 2.24) is 19.7 Å². The lowest BCUT2D eigenvalue weighted by molar-refractivity contribution is 0.766. The number of hydrogen-bond donors (Lipinski definition) is 1. The molecule has 6 heteroatoms. The highest BCUT2D eigenvalue weighted by Crippen LogP contribution is 2.27. The Morgan fingerprint density at radius 1 is 1.36 bits per heavy atom. The number of hydrogen-bond acceptors (Lipinski definition) is 5. The summed E-state index contributed by atoms with van der Waals surface area (Å²) < 4.78 is 1.73. The van der Waals surface area contributed by atoms with Crippen molar-refractivity contribution < 1.29 is 0 Å². The molecule has 0 aromatic carbocycles. The summed E-state index contributed by atoms with van der Waals surface area (Å²) >= 11 is 1.45. The Bertz CT molecular complexity index is 439. The summed E-state index contributed by atoms with van der Waals surface area (Å²) in [4.78, 5) is 9.07. The van der Waals surface area contributed by atoms with Crippen LogP contribution in [-0.4, -0.2) is 19.7 Å². The normalized spacial score (nSPS) is 10.4. The number of rotatable bonds is 2. The standard InChI is InChI=1S/C8H9N5S/c1-13-5-6(4-12-13)14-8-7(9)10-2-3-11-8/h2-5H,1H3,(H2,9,10). The summed E-state index contributed by atoms with van der Waals surface area (Å²) in [6, 6.07) is 0. The average Bonchev–Trinajstić information content (AvgIpc) is 2.56. The Balaban J connectivity index is 2.23. The maximum absolute atomic E-state index is 5.65. The average molecular weight is 207 g/mol. The summed E-state index contributed by atoms with van der Waals surface area (Å²) in [6.07, 6.45) is 6.86. The lowest BCUT2D eigenvalue weighted by Gasteiger charge is -1.99. The van der Waals surface area contributed by atoms with Crippen LogP contribution in [0.15, 0.2) is 34.7 Å². The molecule has 0 saturated carbocycles. The summed E-state index contributed by atoms with van der Waals surface area (Å²) in [6.45, 7) is 0. The Morgan fingerprint density at radius 2 is 2.14 bits per heavy atom. The molecule has 5 nitrogen and oxygen atoms in total. The van der Waals surface area contributed by atoms with E-state index < -0.39 is 0 Å². The lowest BCUT2D eigenvalue weighted by Crippen LogP contribution is -1.93. The molecule has 2 N–H and O–H groups in total. The van der Waals surface area contributed by atoms with Crippen LogP contribution in [0.3, 0.4) is 0 Å². The predicted molar refractivity (Wildman–Crippen MR) is 53.8 cm³/mol. The molecule has 0 bridgehead atoms. The van der Waals surface area contributed by atoms with Gasteiger partial charge in [0.15, 0.2) is 5.82 Å². The van der Waals surface area contributed by atoms with Crippen molar-refractivity contribution in [1.29, 1.82) is 0 Å². The van der Waals surface area contributed by atoms with E-state index in [1.165, 1.54) is 11.8 Å². The molecule has 14 heavy (non-hydrogen) atoms. The second kappa shape index (κ2) is 3.67. The first-order valence-electron chi connectivity index (χ1n) is 3.98. The molecular formula is C8H9N5S. The van der Waals surface area contributed by atoms with Crippen LogP contribution in [0.4, 0.5) is 5.82 Å². The maximum Gasteiger partial charge on any atom is 0.156 e. The molecule has 2 aromatic heterocycles. The van der Waals surface area contributed by atoms with E-state index in [9.17, 15) is 0 Å². The van der Waals surface area contributed by atoms with Crippen LogP contribution in [0, 0.1) is 0 Å². The Hall–Kier alpha value is -1.56. The lowest BCUT2D eigenvalue weighted by atomic mass is 10.7. The number of nitrogens with two attached hydrogens (primary N) is 1. The number of nitrogens with zero attached hydrogens (tertiary/aromatic N) is 4. The van der Waals surface area contributed by atoms with Crippen molar-refractivity contribution in [3.63, 3.8) is 0 Å². The van der Waals surface area contributed by atoms with Crippen molar-refractivity contribution in [2.45, 2.75) is 9.92 Å². The minimum absolute atomic E-state index is 0.446. The zero-order valence-electron chi connectivity index (χ0n) is 7.58. The van der Waals surface area contributed by atoms with Gasteiger partial charge in [0.1, 0.15) is 5.03 Å². The fraction of sp³-hybridized carbons (Fsp3) is 0.125. The Kier molecular flexibility index (Phi) is 2.36. The van der Waals surface area contributed by atoms with E-state index in [0.717, 1.165) is 4.90 Å². The van der Waals surface area contributed by atoms with Gasteiger partial charge in [0.2, 0.25) is 0 Å². The molecule has 0 unspecified atom stereocenters. The van der Waals surface area contributed by atoms with Gasteiger partial charge in [-0.15, -0.1) is 0 Å². The van der Waals surface area contributed by atoms with Gasteiger partial charge in [0.25, 0.3) is 0 Å². The second-order valence-corrected chi connectivity index (χ2v) is 3.76. The molecule has 0 fully saturated rings. The van der Waals surface area contributed by atoms with E-state index in [4.69, 9.17) is 5.73 Å². The van der Waals surface area contributed by atoms with Gasteiger partial charge in [-0.1, -0.05) is 11.8 Å². The monoisotopic (exact) mass is 207 g/mol. The third kappa shape index (κ3) is 1.85. The minimum atomic E-state index is 0.446. The van der Waals surface area contributed by atoms with Crippen molar-refractivity contribution >= 4 is 17.6 Å². The van der Waals surface area contributed by atoms with Gasteiger partial charge in [-0.25, -0.2) is 9.97 Å². The molecule has 0 aliphatic heterocycles. The van der Waals surface area contributed by atoms with E-state index >= 15 is 0 Å². The fourth-order valence-corrected chi connectivity index (χ4v) is 1.78. The van der Waals surface area contributed by atoms with Gasteiger partial charge < -0.3 is 5.73 Å². The van der Waals surface area contributed by atoms with E-state index in [1.807, 2.05) is 13.2 Å². The summed E-state index contributed by atoms with van der Waals surface area (Å²) in [5.41, 5.74) is 5.65. The van der Waals surface area contributed by atoms with Crippen molar-refractivity contribution in [2.75, 3.05) is 5.73 Å². The molecule has 0 atom stereocenters. The van der Waals surface area contributed by atoms with Crippen LogP contribution in [0.1, 0.15) is 0 Å². The number of aryl methyl sites for hydroxylation is 1. The maximum atomic E-state index is 5.65. The highest BCUT2D eigenvalue weighted by atomic mass is 32.2. The molecular weight excluding hydrogens is 198 g/mol. The third-order valence-corrected chi connectivity index (χ3v) is 2.54. The van der Waals surface area contributed by atoms with E-state index in [0.29, 0.717) is 10.8 Å². The third-order valence-electron chi connectivity index (χ3n) is 1.59. The molecule has 0 aliphatic rings. The van der Waals surface area contributed by atoms with E-state index in [1.54, 1.807) is 23.3 Å². The van der Waals surface area contributed by atoms with Crippen LogP contribution >= 0.6 is 11.8 Å². The SMILES string of the molecule is Cn1cc(Sc2nccnc2N)cn1.